The summed E-state index contributed by atoms with van der Waals surface area (Å²) in [6.45, 7) is 1.35. The number of carbonyl (C=O) groups excluding carboxylic acids is 1. The van der Waals surface area contributed by atoms with Crippen LogP contribution in [0.1, 0.15) is 23.2 Å². The summed E-state index contributed by atoms with van der Waals surface area (Å²) in [5.74, 6) is 5.40. The summed E-state index contributed by atoms with van der Waals surface area (Å²) in [7, 11) is 0. The standard InChI is InChI=1S/C13H18N4O4/c14-15-11-7-10(1-2-12(11)17(20)21)13(19)16-5-3-9(8-16)4-6-18/h1-2,7,9,15,18H,3-6,8,14H2. The van der Waals surface area contributed by atoms with Crippen LogP contribution in [0.2, 0.25) is 0 Å². The number of nitro groups is 1. The van der Waals surface area contributed by atoms with E-state index in [1.165, 1.54) is 18.2 Å². The summed E-state index contributed by atoms with van der Waals surface area (Å²) in [6.07, 6.45) is 1.54. The second-order valence-electron chi connectivity index (χ2n) is 5.05. The average Bonchev–Trinajstić information content (AvgIpc) is 2.94. The smallest absolute Gasteiger partial charge is 0.293 e. The van der Waals surface area contributed by atoms with E-state index in [2.05, 4.69) is 5.43 Å². The number of aliphatic hydroxyl groups excluding tert-OH is 1. The number of nitro benzene ring substituents is 1. The maximum atomic E-state index is 12.4. The molecular weight excluding hydrogens is 276 g/mol. The van der Waals surface area contributed by atoms with E-state index in [-0.39, 0.29) is 23.9 Å². The summed E-state index contributed by atoms with van der Waals surface area (Å²) >= 11 is 0. The van der Waals surface area contributed by atoms with Crippen LogP contribution in [0.15, 0.2) is 18.2 Å². The van der Waals surface area contributed by atoms with Gasteiger partial charge in [0.25, 0.3) is 11.6 Å². The molecular formula is C13H18N4O4. The second-order valence-corrected chi connectivity index (χ2v) is 5.05. The fourth-order valence-corrected chi connectivity index (χ4v) is 2.56. The van der Waals surface area contributed by atoms with Crippen LogP contribution < -0.4 is 11.3 Å². The van der Waals surface area contributed by atoms with Gasteiger partial charge in [-0.1, -0.05) is 0 Å². The molecule has 8 heteroatoms. The van der Waals surface area contributed by atoms with E-state index in [4.69, 9.17) is 10.9 Å². The number of likely N-dealkylation sites (tertiary alicyclic amines) is 1. The van der Waals surface area contributed by atoms with Crippen molar-refractivity contribution in [3.05, 3.63) is 33.9 Å². The normalized spacial score (nSPS) is 17.8. The number of rotatable bonds is 5. The molecule has 114 valence electrons. The van der Waals surface area contributed by atoms with Gasteiger partial charge in [-0.25, -0.2) is 0 Å². The molecule has 0 aromatic heterocycles. The number of hydrazine groups is 1. The second kappa shape index (κ2) is 6.51. The lowest BCUT2D eigenvalue weighted by atomic mass is 10.1. The van der Waals surface area contributed by atoms with Crippen LogP contribution in [0.4, 0.5) is 11.4 Å². The fourth-order valence-electron chi connectivity index (χ4n) is 2.56. The highest BCUT2D eigenvalue weighted by Gasteiger charge is 2.27. The van der Waals surface area contributed by atoms with Crippen molar-refractivity contribution in [3.63, 3.8) is 0 Å². The fraction of sp³-hybridized carbons (Fsp3) is 0.462. The highest BCUT2D eigenvalue weighted by atomic mass is 16.6. The van der Waals surface area contributed by atoms with Crippen LogP contribution in [0.3, 0.4) is 0 Å². The summed E-state index contributed by atoms with van der Waals surface area (Å²) < 4.78 is 0. The number of hydrogen-bond acceptors (Lipinski definition) is 6. The third-order valence-electron chi connectivity index (χ3n) is 3.71. The first-order valence-electron chi connectivity index (χ1n) is 6.72. The van der Waals surface area contributed by atoms with Crippen molar-refractivity contribution in [1.82, 2.24) is 4.90 Å². The summed E-state index contributed by atoms with van der Waals surface area (Å²) in [6, 6.07) is 4.09. The summed E-state index contributed by atoms with van der Waals surface area (Å²) in [4.78, 5) is 24.3. The Bertz CT molecular complexity index is 549. The number of nitrogens with zero attached hydrogens (tertiary/aromatic N) is 2. The Morgan fingerprint density at radius 2 is 2.33 bits per heavy atom. The first-order chi connectivity index (χ1) is 10.1. The number of aliphatic hydroxyl groups is 1. The molecule has 1 aromatic rings. The van der Waals surface area contributed by atoms with E-state index in [0.717, 1.165) is 6.42 Å². The van der Waals surface area contributed by atoms with E-state index in [1.807, 2.05) is 0 Å². The third-order valence-corrected chi connectivity index (χ3v) is 3.71. The van der Waals surface area contributed by atoms with Gasteiger partial charge in [0.1, 0.15) is 5.69 Å². The molecule has 0 aliphatic carbocycles. The Balaban J connectivity index is 2.15. The van der Waals surface area contributed by atoms with Gasteiger partial charge < -0.3 is 15.4 Å². The Hall–Kier alpha value is -2.19. The lowest BCUT2D eigenvalue weighted by molar-refractivity contribution is -0.384. The van der Waals surface area contributed by atoms with E-state index >= 15 is 0 Å². The SMILES string of the molecule is NNc1cc(C(=O)N2CCC(CCO)C2)ccc1[N+](=O)[O-]. The van der Waals surface area contributed by atoms with Crippen molar-refractivity contribution in [1.29, 1.82) is 0 Å². The molecule has 1 aromatic carbocycles. The first-order valence-corrected chi connectivity index (χ1v) is 6.72. The molecule has 1 saturated heterocycles. The van der Waals surface area contributed by atoms with E-state index in [1.54, 1.807) is 4.90 Å². The molecule has 1 heterocycles. The van der Waals surface area contributed by atoms with Gasteiger partial charge in [-0.05, 0) is 30.9 Å². The molecule has 2 rings (SSSR count). The van der Waals surface area contributed by atoms with Crippen LogP contribution in [0.25, 0.3) is 0 Å². The van der Waals surface area contributed by atoms with E-state index in [0.29, 0.717) is 31.0 Å². The molecule has 0 saturated carbocycles. The van der Waals surface area contributed by atoms with Crippen molar-refractivity contribution < 1.29 is 14.8 Å². The molecule has 1 aliphatic rings. The predicted octanol–water partition coefficient (Wildman–Crippen LogP) is 0.725. The largest absolute Gasteiger partial charge is 0.396 e. The first kappa shape index (κ1) is 15.2. The molecule has 1 atom stereocenters. The number of amides is 1. The highest BCUT2D eigenvalue weighted by molar-refractivity contribution is 5.96. The number of anilines is 1. The maximum absolute atomic E-state index is 12.4. The number of nitrogens with two attached hydrogens (primary N) is 1. The lowest BCUT2D eigenvalue weighted by Gasteiger charge is -2.17. The van der Waals surface area contributed by atoms with Crippen molar-refractivity contribution >= 4 is 17.3 Å². The monoisotopic (exact) mass is 294 g/mol. The molecule has 1 aliphatic heterocycles. The molecule has 0 spiro atoms. The zero-order valence-electron chi connectivity index (χ0n) is 11.5. The molecule has 8 nitrogen and oxygen atoms in total. The van der Waals surface area contributed by atoms with E-state index < -0.39 is 4.92 Å². The van der Waals surface area contributed by atoms with Gasteiger partial charge in [0.15, 0.2) is 0 Å². The number of nitrogens with one attached hydrogen (secondary N) is 1. The number of benzene rings is 1. The minimum atomic E-state index is -0.559. The molecule has 1 unspecified atom stereocenters. The van der Waals surface area contributed by atoms with E-state index in [9.17, 15) is 14.9 Å². The predicted molar refractivity (Wildman–Crippen MR) is 76.6 cm³/mol. The van der Waals surface area contributed by atoms with Gasteiger partial charge in [0.2, 0.25) is 0 Å². The molecule has 1 fully saturated rings. The average molecular weight is 294 g/mol. The molecule has 0 radical (unpaired) electrons. The van der Waals surface area contributed by atoms with Crippen LogP contribution >= 0.6 is 0 Å². The molecule has 4 N–H and O–H groups in total. The minimum Gasteiger partial charge on any atom is -0.396 e. The minimum absolute atomic E-state index is 0.108. The summed E-state index contributed by atoms with van der Waals surface area (Å²) in [5, 5.41) is 19.8. The zero-order chi connectivity index (χ0) is 15.4. The maximum Gasteiger partial charge on any atom is 0.293 e. The Kier molecular flexibility index (Phi) is 4.71. The highest BCUT2D eigenvalue weighted by Crippen LogP contribution is 2.27. The van der Waals surface area contributed by atoms with Gasteiger partial charge in [-0.2, -0.15) is 0 Å². The van der Waals surface area contributed by atoms with Crippen molar-refractivity contribution in [2.45, 2.75) is 12.8 Å². The number of hydrogen-bond donors (Lipinski definition) is 3. The molecule has 0 bridgehead atoms. The van der Waals surface area contributed by atoms with Crippen LogP contribution in [0.5, 0.6) is 0 Å². The van der Waals surface area contributed by atoms with Gasteiger partial charge in [-0.15, -0.1) is 0 Å². The quantitative estimate of drug-likeness (QED) is 0.418. The third kappa shape index (κ3) is 3.29. The van der Waals surface area contributed by atoms with Gasteiger partial charge in [-0.3, -0.25) is 20.8 Å². The van der Waals surface area contributed by atoms with Crippen LogP contribution in [-0.4, -0.2) is 40.5 Å². The Morgan fingerprint density at radius 1 is 1.57 bits per heavy atom. The van der Waals surface area contributed by atoms with Gasteiger partial charge in [0.05, 0.1) is 4.92 Å². The Morgan fingerprint density at radius 3 is 2.95 bits per heavy atom. The van der Waals surface area contributed by atoms with Gasteiger partial charge in [0, 0.05) is 31.3 Å². The van der Waals surface area contributed by atoms with Crippen LogP contribution in [0, 0.1) is 16.0 Å². The van der Waals surface area contributed by atoms with Crippen molar-refractivity contribution in [2.75, 3.05) is 25.1 Å². The Labute approximate surface area is 121 Å². The zero-order valence-corrected chi connectivity index (χ0v) is 11.5. The van der Waals surface area contributed by atoms with Gasteiger partial charge >= 0.3 is 0 Å². The number of nitrogen functional groups attached to an aromatic ring is 1. The lowest BCUT2D eigenvalue weighted by Crippen LogP contribution is -2.29. The summed E-state index contributed by atoms with van der Waals surface area (Å²) in [5.41, 5.74) is 2.54. The van der Waals surface area contributed by atoms with Crippen molar-refractivity contribution in [3.8, 4) is 0 Å². The molecule has 1 amide bonds. The number of carbonyl (C=O) groups is 1. The van der Waals surface area contributed by atoms with Crippen LogP contribution in [-0.2, 0) is 0 Å². The topological polar surface area (TPSA) is 122 Å². The van der Waals surface area contributed by atoms with Crippen molar-refractivity contribution in [2.24, 2.45) is 11.8 Å². The molecule has 21 heavy (non-hydrogen) atoms.